The number of nitrogens with zero attached hydrogens (tertiary/aromatic N) is 3. The van der Waals surface area contributed by atoms with E-state index in [1.165, 1.54) is 16.9 Å². The molecule has 0 bridgehead atoms. The molecule has 1 aliphatic rings. The summed E-state index contributed by atoms with van der Waals surface area (Å²) in [7, 11) is 0. The topological polar surface area (TPSA) is 127 Å². The minimum Gasteiger partial charge on any atom is -0.481 e. The highest BCUT2D eigenvalue weighted by Gasteiger charge is 2.30. The van der Waals surface area contributed by atoms with E-state index in [0.717, 1.165) is 19.3 Å². The highest BCUT2D eigenvalue weighted by molar-refractivity contribution is 5.78. The predicted octanol–water partition coefficient (Wildman–Crippen LogP) is 0.941. The molecule has 0 radical (unpaired) electrons. The Labute approximate surface area is 126 Å². The molecule has 2 N–H and O–H groups in total. The summed E-state index contributed by atoms with van der Waals surface area (Å²) in [5.41, 5.74) is 0. The zero-order valence-corrected chi connectivity index (χ0v) is 12.0. The first-order valence-electron chi connectivity index (χ1n) is 7.17. The largest absolute Gasteiger partial charge is 0.481 e. The maximum absolute atomic E-state index is 12.0. The van der Waals surface area contributed by atoms with E-state index in [4.69, 9.17) is 0 Å². The highest BCUT2D eigenvalue weighted by atomic mass is 16.6. The molecule has 1 aromatic rings. The summed E-state index contributed by atoms with van der Waals surface area (Å²) in [5.74, 6) is -2.21. The SMILES string of the molecule is O=C(Cn1ccc([N+](=O)[O-])n1)N[C@H]1CCCCC[C@H]1C(=O)O. The quantitative estimate of drug-likeness (QED) is 0.473. The number of aliphatic carboxylic acids is 1. The number of rotatable bonds is 5. The van der Waals surface area contributed by atoms with Crippen LogP contribution in [0.25, 0.3) is 0 Å². The molecular formula is C13H18N4O5. The molecule has 9 nitrogen and oxygen atoms in total. The third-order valence-electron chi connectivity index (χ3n) is 3.80. The number of nitro groups is 1. The summed E-state index contributed by atoms with van der Waals surface area (Å²) in [6.45, 7) is -0.170. The molecule has 0 aliphatic heterocycles. The van der Waals surface area contributed by atoms with Crippen LogP contribution in [0.1, 0.15) is 32.1 Å². The Bertz CT molecular complexity index is 571. The Morgan fingerprint density at radius 3 is 2.77 bits per heavy atom. The van der Waals surface area contributed by atoms with Gasteiger partial charge in [0, 0.05) is 6.04 Å². The van der Waals surface area contributed by atoms with Crippen LogP contribution in [0.3, 0.4) is 0 Å². The van der Waals surface area contributed by atoms with Gasteiger partial charge in [0.25, 0.3) is 0 Å². The molecule has 2 rings (SSSR count). The monoisotopic (exact) mass is 310 g/mol. The van der Waals surface area contributed by atoms with Crippen LogP contribution >= 0.6 is 0 Å². The van der Waals surface area contributed by atoms with Crippen LogP contribution in [-0.2, 0) is 16.1 Å². The Balaban J connectivity index is 1.96. The molecule has 0 unspecified atom stereocenters. The van der Waals surface area contributed by atoms with Gasteiger partial charge in [0.05, 0.1) is 23.3 Å². The summed E-state index contributed by atoms with van der Waals surface area (Å²) in [6, 6.07) is 0.803. The van der Waals surface area contributed by atoms with Gasteiger partial charge in [-0.1, -0.05) is 19.3 Å². The van der Waals surface area contributed by atoms with Gasteiger partial charge in [-0.3, -0.25) is 9.59 Å². The number of carboxylic acid groups (broad SMARTS) is 1. The summed E-state index contributed by atoms with van der Waals surface area (Å²) in [5, 5.41) is 26.2. The third-order valence-corrected chi connectivity index (χ3v) is 3.80. The van der Waals surface area contributed by atoms with Gasteiger partial charge in [0.15, 0.2) is 0 Å². The fraction of sp³-hybridized carbons (Fsp3) is 0.615. The number of carboxylic acids is 1. The van der Waals surface area contributed by atoms with Crippen molar-refractivity contribution >= 4 is 17.7 Å². The molecule has 1 saturated carbocycles. The van der Waals surface area contributed by atoms with Crippen molar-refractivity contribution in [2.75, 3.05) is 0 Å². The standard InChI is InChI=1S/C13H18N4O5/c18-12(8-16-7-6-11(15-16)17(21)22)14-10-5-3-1-2-4-9(10)13(19)20/h6-7,9-10H,1-5,8H2,(H,14,18)(H,19,20)/t9-,10+/m1/s1. The van der Waals surface area contributed by atoms with Crippen LogP contribution < -0.4 is 5.32 Å². The summed E-state index contributed by atoms with van der Waals surface area (Å²) in [4.78, 5) is 33.2. The second kappa shape index (κ2) is 7.01. The fourth-order valence-corrected chi connectivity index (χ4v) is 2.71. The smallest absolute Gasteiger partial charge is 0.389 e. The first-order valence-corrected chi connectivity index (χ1v) is 7.17. The molecule has 0 saturated heterocycles. The molecule has 0 spiro atoms. The first kappa shape index (κ1) is 15.9. The lowest BCUT2D eigenvalue weighted by Crippen LogP contribution is -2.44. The van der Waals surface area contributed by atoms with Crippen LogP contribution in [0.15, 0.2) is 12.3 Å². The van der Waals surface area contributed by atoms with E-state index < -0.39 is 28.8 Å². The Hall–Kier alpha value is -2.45. The average Bonchev–Trinajstić information content (AvgIpc) is 2.77. The molecule has 2 atom stereocenters. The van der Waals surface area contributed by atoms with Gasteiger partial charge < -0.3 is 20.5 Å². The van der Waals surface area contributed by atoms with Gasteiger partial charge in [-0.05, 0) is 17.8 Å². The number of carbonyl (C=O) groups excluding carboxylic acids is 1. The van der Waals surface area contributed by atoms with Crippen molar-refractivity contribution in [3.05, 3.63) is 22.4 Å². The number of hydrogen-bond donors (Lipinski definition) is 2. The van der Waals surface area contributed by atoms with E-state index in [1.807, 2.05) is 0 Å². The molecule has 1 heterocycles. The van der Waals surface area contributed by atoms with Crippen molar-refractivity contribution in [2.45, 2.75) is 44.7 Å². The van der Waals surface area contributed by atoms with Gasteiger partial charge in [-0.2, -0.15) is 4.68 Å². The van der Waals surface area contributed by atoms with Crippen molar-refractivity contribution in [2.24, 2.45) is 5.92 Å². The van der Waals surface area contributed by atoms with Crippen molar-refractivity contribution in [1.82, 2.24) is 15.1 Å². The number of amides is 1. The van der Waals surface area contributed by atoms with Crippen molar-refractivity contribution in [1.29, 1.82) is 0 Å². The second-order valence-electron chi connectivity index (χ2n) is 5.39. The second-order valence-corrected chi connectivity index (χ2v) is 5.39. The van der Waals surface area contributed by atoms with E-state index in [-0.39, 0.29) is 12.4 Å². The molecule has 1 fully saturated rings. The van der Waals surface area contributed by atoms with Crippen LogP contribution in [0, 0.1) is 16.0 Å². The van der Waals surface area contributed by atoms with E-state index in [9.17, 15) is 24.8 Å². The fourth-order valence-electron chi connectivity index (χ4n) is 2.71. The number of aromatic nitrogens is 2. The molecule has 1 aliphatic carbocycles. The van der Waals surface area contributed by atoms with Crippen LogP contribution in [-0.4, -0.2) is 37.7 Å². The van der Waals surface area contributed by atoms with Crippen LogP contribution in [0.5, 0.6) is 0 Å². The third kappa shape index (κ3) is 4.03. The van der Waals surface area contributed by atoms with E-state index >= 15 is 0 Å². The molecule has 120 valence electrons. The number of hydrogen-bond acceptors (Lipinski definition) is 5. The molecule has 22 heavy (non-hydrogen) atoms. The lowest BCUT2D eigenvalue weighted by atomic mass is 9.95. The molecule has 0 aromatic carbocycles. The molecule has 1 aromatic heterocycles. The van der Waals surface area contributed by atoms with Gasteiger partial charge in [-0.25, -0.2) is 0 Å². The molecular weight excluding hydrogens is 292 g/mol. The highest BCUT2D eigenvalue weighted by Crippen LogP contribution is 2.23. The summed E-state index contributed by atoms with van der Waals surface area (Å²) in [6.07, 6.45) is 5.20. The van der Waals surface area contributed by atoms with E-state index in [2.05, 4.69) is 10.4 Å². The molecule has 9 heteroatoms. The zero-order chi connectivity index (χ0) is 16.1. The van der Waals surface area contributed by atoms with Crippen LogP contribution in [0.4, 0.5) is 5.82 Å². The molecule has 1 amide bonds. The lowest BCUT2D eigenvalue weighted by molar-refractivity contribution is -0.389. The summed E-state index contributed by atoms with van der Waals surface area (Å²) < 4.78 is 1.17. The normalized spacial score (nSPS) is 21.8. The Morgan fingerprint density at radius 2 is 2.14 bits per heavy atom. The summed E-state index contributed by atoms with van der Waals surface area (Å²) >= 11 is 0. The average molecular weight is 310 g/mol. The minimum atomic E-state index is -0.901. The Morgan fingerprint density at radius 1 is 1.41 bits per heavy atom. The van der Waals surface area contributed by atoms with Crippen molar-refractivity contribution in [3.63, 3.8) is 0 Å². The lowest BCUT2D eigenvalue weighted by Gasteiger charge is -2.22. The Kier molecular flexibility index (Phi) is 5.08. The van der Waals surface area contributed by atoms with Gasteiger partial charge in [-0.15, -0.1) is 0 Å². The van der Waals surface area contributed by atoms with Gasteiger partial charge in [0.1, 0.15) is 6.54 Å². The van der Waals surface area contributed by atoms with E-state index in [1.54, 1.807) is 0 Å². The first-order chi connectivity index (χ1) is 10.5. The predicted molar refractivity (Wildman–Crippen MR) is 75.0 cm³/mol. The van der Waals surface area contributed by atoms with Crippen LogP contribution in [0.2, 0.25) is 0 Å². The maximum Gasteiger partial charge on any atom is 0.389 e. The van der Waals surface area contributed by atoms with Crippen molar-refractivity contribution < 1.29 is 19.6 Å². The number of carbonyl (C=O) groups is 2. The minimum absolute atomic E-state index is 0.170. The van der Waals surface area contributed by atoms with Gasteiger partial charge in [0.2, 0.25) is 5.91 Å². The zero-order valence-electron chi connectivity index (χ0n) is 12.0. The van der Waals surface area contributed by atoms with Gasteiger partial charge >= 0.3 is 11.8 Å². The maximum atomic E-state index is 12.0. The number of nitrogens with one attached hydrogen (secondary N) is 1. The van der Waals surface area contributed by atoms with E-state index in [0.29, 0.717) is 12.8 Å². The van der Waals surface area contributed by atoms with Crippen molar-refractivity contribution in [3.8, 4) is 0 Å².